The van der Waals surface area contributed by atoms with Crippen LogP contribution in [0.2, 0.25) is 0 Å². The molecule has 0 aromatic heterocycles. The molecule has 0 aromatic carbocycles. The molecule has 0 saturated carbocycles. The molecule has 3 atom stereocenters. The van der Waals surface area contributed by atoms with Crippen molar-refractivity contribution < 1.29 is 9.47 Å². The Bertz CT molecular complexity index is 219. The van der Waals surface area contributed by atoms with E-state index in [4.69, 9.17) is 9.47 Å². The van der Waals surface area contributed by atoms with Crippen molar-refractivity contribution in [2.24, 2.45) is 0 Å². The summed E-state index contributed by atoms with van der Waals surface area (Å²) in [5, 5.41) is 3.54. The van der Waals surface area contributed by atoms with Crippen molar-refractivity contribution >= 4 is 0 Å². The SMILES string of the molecule is CC(CNCC1CCCO1)N1CCOCC1C. The van der Waals surface area contributed by atoms with Crippen molar-refractivity contribution in [2.75, 3.05) is 39.5 Å². The molecule has 3 unspecified atom stereocenters. The van der Waals surface area contributed by atoms with Crippen LogP contribution in [0.25, 0.3) is 0 Å². The van der Waals surface area contributed by atoms with E-state index in [0.29, 0.717) is 18.2 Å². The van der Waals surface area contributed by atoms with Gasteiger partial charge in [-0.2, -0.15) is 0 Å². The molecule has 0 radical (unpaired) electrons. The standard InChI is InChI=1S/C13H26N2O2/c1-11(15-5-7-16-10-12(15)2)8-14-9-13-4-3-6-17-13/h11-14H,3-10H2,1-2H3. The third-order valence-corrected chi connectivity index (χ3v) is 3.82. The van der Waals surface area contributed by atoms with Gasteiger partial charge in [-0.05, 0) is 26.7 Å². The second-order valence-corrected chi connectivity index (χ2v) is 5.30. The molecule has 17 heavy (non-hydrogen) atoms. The Morgan fingerprint density at radius 3 is 3.00 bits per heavy atom. The molecular formula is C13H26N2O2. The second-order valence-electron chi connectivity index (χ2n) is 5.30. The van der Waals surface area contributed by atoms with Gasteiger partial charge in [0.15, 0.2) is 0 Å². The van der Waals surface area contributed by atoms with Crippen LogP contribution >= 0.6 is 0 Å². The van der Waals surface area contributed by atoms with Gasteiger partial charge in [-0.15, -0.1) is 0 Å². The van der Waals surface area contributed by atoms with Gasteiger partial charge in [0, 0.05) is 38.3 Å². The lowest BCUT2D eigenvalue weighted by Crippen LogP contribution is -2.51. The summed E-state index contributed by atoms with van der Waals surface area (Å²) in [5.41, 5.74) is 0. The Balaban J connectivity index is 1.63. The molecule has 0 aliphatic carbocycles. The molecule has 2 heterocycles. The fourth-order valence-corrected chi connectivity index (χ4v) is 2.77. The third-order valence-electron chi connectivity index (χ3n) is 3.82. The number of nitrogens with one attached hydrogen (secondary N) is 1. The van der Waals surface area contributed by atoms with Gasteiger partial charge in [0.2, 0.25) is 0 Å². The third kappa shape index (κ3) is 3.91. The van der Waals surface area contributed by atoms with E-state index in [2.05, 4.69) is 24.1 Å². The zero-order valence-corrected chi connectivity index (χ0v) is 11.2. The average Bonchev–Trinajstić information content (AvgIpc) is 2.82. The quantitative estimate of drug-likeness (QED) is 0.775. The Morgan fingerprint density at radius 1 is 1.41 bits per heavy atom. The molecule has 1 N–H and O–H groups in total. The largest absolute Gasteiger partial charge is 0.379 e. The molecule has 0 amide bonds. The Hall–Kier alpha value is -0.160. The lowest BCUT2D eigenvalue weighted by Gasteiger charge is -2.38. The van der Waals surface area contributed by atoms with Gasteiger partial charge in [0.25, 0.3) is 0 Å². The maximum atomic E-state index is 5.61. The van der Waals surface area contributed by atoms with Gasteiger partial charge in [-0.25, -0.2) is 0 Å². The van der Waals surface area contributed by atoms with E-state index in [1.54, 1.807) is 0 Å². The summed E-state index contributed by atoms with van der Waals surface area (Å²) in [5.74, 6) is 0. The molecule has 2 aliphatic rings. The van der Waals surface area contributed by atoms with Crippen LogP contribution in [0.1, 0.15) is 26.7 Å². The van der Waals surface area contributed by atoms with E-state index in [1.165, 1.54) is 12.8 Å². The number of hydrogen-bond acceptors (Lipinski definition) is 4. The first-order chi connectivity index (χ1) is 8.27. The zero-order chi connectivity index (χ0) is 12.1. The molecular weight excluding hydrogens is 216 g/mol. The van der Waals surface area contributed by atoms with Crippen LogP contribution in [0.15, 0.2) is 0 Å². The highest BCUT2D eigenvalue weighted by Crippen LogP contribution is 2.12. The average molecular weight is 242 g/mol. The Morgan fingerprint density at radius 2 is 2.29 bits per heavy atom. The summed E-state index contributed by atoms with van der Waals surface area (Å²) in [6, 6.07) is 1.12. The van der Waals surface area contributed by atoms with Crippen LogP contribution in [-0.2, 0) is 9.47 Å². The van der Waals surface area contributed by atoms with Crippen LogP contribution in [0.4, 0.5) is 0 Å². The monoisotopic (exact) mass is 242 g/mol. The zero-order valence-electron chi connectivity index (χ0n) is 11.2. The Kier molecular flexibility index (Phi) is 5.22. The molecule has 4 nitrogen and oxygen atoms in total. The van der Waals surface area contributed by atoms with Gasteiger partial charge in [0.05, 0.1) is 19.3 Å². The number of morpholine rings is 1. The fourth-order valence-electron chi connectivity index (χ4n) is 2.77. The first-order valence-corrected chi connectivity index (χ1v) is 6.93. The lowest BCUT2D eigenvalue weighted by atomic mass is 10.1. The minimum Gasteiger partial charge on any atom is -0.379 e. The molecule has 4 heteroatoms. The van der Waals surface area contributed by atoms with Crippen LogP contribution in [0.3, 0.4) is 0 Å². The minimum absolute atomic E-state index is 0.448. The maximum absolute atomic E-state index is 5.61. The summed E-state index contributed by atoms with van der Waals surface area (Å²) >= 11 is 0. The van der Waals surface area contributed by atoms with E-state index in [0.717, 1.165) is 39.5 Å². The number of rotatable bonds is 5. The fraction of sp³-hybridized carbons (Fsp3) is 1.00. The topological polar surface area (TPSA) is 33.7 Å². The number of hydrogen-bond donors (Lipinski definition) is 1. The number of ether oxygens (including phenoxy) is 2. The molecule has 2 saturated heterocycles. The van der Waals surface area contributed by atoms with Gasteiger partial charge in [0.1, 0.15) is 0 Å². The maximum Gasteiger partial charge on any atom is 0.0700 e. The first kappa shape index (κ1) is 13.3. The summed E-state index contributed by atoms with van der Waals surface area (Å²) in [6.45, 7) is 10.3. The molecule has 2 rings (SSSR count). The Labute approximate surface area is 105 Å². The van der Waals surface area contributed by atoms with E-state index in [9.17, 15) is 0 Å². The van der Waals surface area contributed by atoms with E-state index < -0.39 is 0 Å². The molecule has 0 aromatic rings. The first-order valence-electron chi connectivity index (χ1n) is 6.93. The van der Waals surface area contributed by atoms with Crippen molar-refractivity contribution in [3.63, 3.8) is 0 Å². The number of nitrogens with zero attached hydrogens (tertiary/aromatic N) is 1. The summed E-state index contributed by atoms with van der Waals surface area (Å²) < 4.78 is 11.1. The van der Waals surface area contributed by atoms with Crippen molar-refractivity contribution in [1.82, 2.24) is 10.2 Å². The predicted molar refractivity (Wildman–Crippen MR) is 68.3 cm³/mol. The van der Waals surface area contributed by atoms with E-state index >= 15 is 0 Å². The smallest absolute Gasteiger partial charge is 0.0700 e. The molecule has 100 valence electrons. The highest BCUT2D eigenvalue weighted by molar-refractivity contribution is 4.78. The van der Waals surface area contributed by atoms with E-state index in [1.807, 2.05) is 0 Å². The normalized spacial score (nSPS) is 32.8. The van der Waals surface area contributed by atoms with Gasteiger partial charge < -0.3 is 14.8 Å². The van der Waals surface area contributed by atoms with Crippen molar-refractivity contribution in [2.45, 2.75) is 44.9 Å². The highest BCUT2D eigenvalue weighted by atomic mass is 16.5. The molecule has 0 bridgehead atoms. The van der Waals surface area contributed by atoms with Crippen molar-refractivity contribution in [3.05, 3.63) is 0 Å². The van der Waals surface area contributed by atoms with Crippen LogP contribution in [0.5, 0.6) is 0 Å². The highest BCUT2D eigenvalue weighted by Gasteiger charge is 2.23. The lowest BCUT2D eigenvalue weighted by molar-refractivity contribution is -0.0186. The summed E-state index contributed by atoms with van der Waals surface area (Å²) in [4.78, 5) is 2.53. The van der Waals surface area contributed by atoms with Crippen molar-refractivity contribution in [3.8, 4) is 0 Å². The van der Waals surface area contributed by atoms with Gasteiger partial charge in [-0.1, -0.05) is 0 Å². The summed E-state index contributed by atoms with van der Waals surface area (Å²) in [6.07, 6.45) is 2.89. The second kappa shape index (κ2) is 6.69. The summed E-state index contributed by atoms with van der Waals surface area (Å²) in [7, 11) is 0. The minimum atomic E-state index is 0.448. The predicted octanol–water partition coefficient (Wildman–Crippen LogP) is 0.864. The molecule has 2 fully saturated rings. The van der Waals surface area contributed by atoms with Gasteiger partial charge in [-0.3, -0.25) is 4.90 Å². The van der Waals surface area contributed by atoms with Crippen molar-refractivity contribution in [1.29, 1.82) is 0 Å². The van der Waals surface area contributed by atoms with Crippen LogP contribution in [0, 0.1) is 0 Å². The molecule has 2 aliphatic heterocycles. The van der Waals surface area contributed by atoms with Crippen LogP contribution < -0.4 is 5.32 Å². The van der Waals surface area contributed by atoms with Crippen LogP contribution in [-0.4, -0.2) is 62.5 Å². The van der Waals surface area contributed by atoms with E-state index in [-0.39, 0.29) is 0 Å². The molecule has 0 spiro atoms. The van der Waals surface area contributed by atoms with Gasteiger partial charge >= 0.3 is 0 Å².